The molecule has 5 aromatic rings. The number of alkyl halides is 3. The molecule has 0 saturated carbocycles. The number of rotatable bonds is 7. The van der Waals surface area contributed by atoms with Gasteiger partial charge < -0.3 is 24.7 Å². The summed E-state index contributed by atoms with van der Waals surface area (Å²) in [6.45, 7) is 1.49. The van der Waals surface area contributed by atoms with Gasteiger partial charge in [-0.3, -0.25) is 14.0 Å². The van der Waals surface area contributed by atoms with Crippen LogP contribution >= 0.6 is 0 Å². The molecule has 2 aliphatic heterocycles. The van der Waals surface area contributed by atoms with Gasteiger partial charge >= 0.3 is 6.18 Å². The van der Waals surface area contributed by atoms with E-state index in [1.807, 2.05) is 0 Å². The number of ether oxygens (including phenoxy) is 2. The van der Waals surface area contributed by atoms with Crippen molar-refractivity contribution in [2.24, 2.45) is 7.05 Å². The Morgan fingerprint density at radius 3 is 2.67 bits per heavy atom. The summed E-state index contributed by atoms with van der Waals surface area (Å²) >= 11 is 0. The highest BCUT2D eigenvalue weighted by atomic mass is 19.4. The summed E-state index contributed by atoms with van der Waals surface area (Å²) in [5.74, 6) is -4.37. The van der Waals surface area contributed by atoms with Crippen molar-refractivity contribution < 1.29 is 41.0 Å². The lowest BCUT2D eigenvalue weighted by Gasteiger charge is -2.21. The number of hydrogen-bond donors (Lipinski definition) is 2. The quantitative estimate of drug-likeness (QED) is 0.139. The number of anilines is 1. The predicted molar refractivity (Wildman–Crippen MR) is 164 cm³/mol. The van der Waals surface area contributed by atoms with Gasteiger partial charge in [-0.1, -0.05) is 12.1 Å². The number of halogens is 5. The Bertz CT molecular complexity index is 2110. The van der Waals surface area contributed by atoms with Crippen LogP contribution in [0.15, 0.2) is 55.0 Å². The minimum absolute atomic E-state index is 0.0513. The van der Waals surface area contributed by atoms with Crippen molar-refractivity contribution >= 4 is 33.9 Å². The molecule has 2 N–H and O–H groups in total. The Labute approximate surface area is 269 Å². The summed E-state index contributed by atoms with van der Waals surface area (Å²) in [5, 5.41) is 5.32. The van der Waals surface area contributed by atoms with Crippen molar-refractivity contribution in [3.05, 3.63) is 89.3 Å². The average molecular weight is 667 g/mol. The first-order chi connectivity index (χ1) is 23.0. The van der Waals surface area contributed by atoms with Crippen molar-refractivity contribution in [2.75, 3.05) is 31.7 Å². The fourth-order valence-electron chi connectivity index (χ4n) is 6.08. The van der Waals surface area contributed by atoms with Crippen molar-refractivity contribution in [1.82, 2.24) is 24.3 Å². The number of aromatic nitrogens is 4. The summed E-state index contributed by atoms with van der Waals surface area (Å²) in [6, 6.07) is 5.63. The Kier molecular flexibility index (Phi) is 7.95. The molecule has 0 spiro atoms. The van der Waals surface area contributed by atoms with Gasteiger partial charge in [0, 0.05) is 61.6 Å². The van der Waals surface area contributed by atoms with Crippen LogP contribution in [0.4, 0.5) is 27.6 Å². The molecule has 2 aromatic carbocycles. The molecular weight excluding hydrogens is 639 g/mol. The van der Waals surface area contributed by atoms with Crippen LogP contribution in [0.25, 0.3) is 27.7 Å². The Morgan fingerprint density at radius 1 is 1.15 bits per heavy atom. The van der Waals surface area contributed by atoms with Gasteiger partial charge in [0.25, 0.3) is 0 Å². The normalized spacial score (nSPS) is 16.2. The average Bonchev–Trinajstić information content (AvgIpc) is 3.78. The summed E-state index contributed by atoms with van der Waals surface area (Å²) in [5.41, 5.74) is -1.32. The Balaban J connectivity index is 1.23. The van der Waals surface area contributed by atoms with E-state index in [1.165, 1.54) is 39.7 Å². The first kappa shape index (κ1) is 31.4. The van der Waals surface area contributed by atoms with E-state index in [4.69, 9.17) is 9.47 Å². The van der Waals surface area contributed by atoms with Gasteiger partial charge in [-0.25, -0.2) is 18.7 Å². The van der Waals surface area contributed by atoms with E-state index in [-0.39, 0.29) is 64.0 Å². The maximum atomic E-state index is 15.1. The topological polar surface area (TPSA) is 112 Å². The molecule has 0 radical (unpaired) electrons. The van der Waals surface area contributed by atoms with E-state index in [1.54, 1.807) is 7.05 Å². The summed E-state index contributed by atoms with van der Waals surface area (Å²) in [4.78, 5) is 34.7. The lowest BCUT2D eigenvalue weighted by molar-refractivity contribution is -0.137. The highest BCUT2D eigenvalue weighted by Crippen LogP contribution is 2.48. The molecule has 1 atom stereocenters. The highest BCUT2D eigenvalue weighted by molar-refractivity contribution is 6.09. The highest BCUT2D eigenvalue weighted by Gasteiger charge is 2.39. The lowest BCUT2D eigenvalue weighted by atomic mass is 9.95. The zero-order valence-corrected chi connectivity index (χ0v) is 25.3. The van der Waals surface area contributed by atoms with Gasteiger partial charge in [-0.2, -0.15) is 13.2 Å². The van der Waals surface area contributed by atoms with Gasteiger partial charge in [0.2, 0.25) is 11.7 Å². The molecule has 1 amide bonds. The maximum absolute atomic E-state index is 15.1. The van der Waals surface area contributed by atoms with Crippen LogP contribution in [0.3, 0.4) is 0 Å². The van der Waals surface area contributed by atoms with Gasteiger partial charge in [-0.15, -0.1) is 0 Å². The molecule has 15 heteroatoms. The number of ketones is 1. The molecule has 3 aromatic heterocycles. The minimum Gasteiger partial charge on any atom is -0.490 e. The first-order valence-corrected chi connectivity index (χ1v) is 15.0. The molecule has 10 nitrogen and oxygen atoms in total. The van der Waals surface area contributed by atoms with Crippen LogP contribution in [0.2, 0.25) is 0 Å². The molecule has 7 rings (SSSR count). The van der Waals surface area contributed by atoms with E-state index in [9.17, 15) is 22.8 Å². The Hall–Kier alpha value is -5.15. The number of hydrogen-bond acceptors (Lipinski definition) is 7. The third-order valence-corrected chi connectivity index (χ3v) is 8.35. The van der Waals surface area contributed by atoms with Crippen molar-refractivity contribution in [2.45, 2.75) is 25.1 Å². The van der Waals surface area contributed by atoms with Crippen LogP contribution in [0.5, 0.6) is 5.75 Å². The second-order valence-corrected chi connectivity index (χ2v) is 11.5. The number of pyridine rings is 1. The molecule has 0 unspecified atom stereocenters. The number of nitrogens with zero attached hydrogens (tertiary/aromatic N) is 4. The second kappa shape index (κ2) is 12.1. The largest absolute Gasteiger partial charge is 0.490 e. The summed E-state index contributed by atoms with van der Waals surface area (Å²) in [6.07, 6.45) is 1.66. The van der Waals surface area contributed by atoms with Crippen LogP contribution in [0, 0.1) is 11.6 Å². The molecule has 1 saturated heterocycles. The van der Waals surface area contributed by atoms with Crippen molar-refractivity contribution in [3.8, 4) is 16.9 Å². The standard InChI is InChI=1S/C33H27F5N6O4/c1-43-16-40-28-24(43)14-20(33(36,37)38)26-19-4-3-9-44-29(19)23(7-11-48-31(26)28)41-32(44)30(46)17-12-21(34)27(22(35)13-17)42-25(45)5-2-8-39-18-6-10-47-15-18/h2-5,9,12-14,16,18,39H,6-8,10-11,15H2,1H3,(H,42,45)/b5-2+/t18-/m0/s1. The van der Waals surface area contributed by atoms with Crippen molar-refractivity contribution in [3.63, 3.8) is 0 Å². The predicted octanol–water partition coefficient (Wildman–Crippen LogP) is 5.22. The molecule has 5 heterocycles. The number of amides is 1. The van der Waals surface area contributed by atoms with Gasteiger partial charge in [0.1, 0.15) is 22.8 Å². The van der Waals surface area contributed by atoms with Crippen LogP contribution in [-0.4, -0.2) is 63.0 Å². The molecular formula is C33H27F5N6O4. The summed E-state index contributed by atoms with van der Waals surface area (Å²) in [7, 11) is 1.58. The van der Waals surface area contributed by atoms with E-state index < -0.39 is 46.3 Å². The zero-order chi connectivity index (χ0) is 33.7. The number of carbonyl (C=O) groups excluding carboxylic acids is 2. The van der Waals surface area contributed by atoms with Gasteiger partial charge in [0.15, 0.2) is 11.6 Å². The number of carbonyl (C=O) groups is 2. The van der Waals surface area contributed by atoms with E-state index in [2.05, 4.69) is 20.6 Å². The van der Waals surface area contributed by atoms with Gasteiger partial charge in [-0.05, 0) is 30.7 Å². The third kappa shape index (κ3) is 5.58. The van der Waals surface area contributed by atoms with Crippen LogP contribution in [-0.2, 0) is 29.2 Å². The van der Waals surface area contributed by atoms with E-state index in [0.717, 1.165) is 30.7 Å². The number of imidazole rings is 2. The molecule has 0 bridgehead atoms. The third-order valence-electron chi connectivity index (χ3n) is 8.35. The van der Waals surface area contributed by atoms with E-state index >= 15 is 8.78 Å². The molecule has 48 heavy (non-hydrogen) atoms. The number of fused-ring (bicyclic) bond motifs is 4. The van der Waals surface area contributed by atoms with Crippen LogP contribution < -0.4 is 15.4 Å². The van der Waals surface area contributed by atoms with Crippen LogP contribution in [0.1, 0.15) is 33.9 Å². The minimum atomic E-state index is -4.78. The SMILES string of the molecule is Cn1cnc2c3c(c(C(F)(F)F)cc21)-c1cccn2c(C(=O)c4cc(F)c(NC(=O)/C=C/CN[C@H]5CCOC5)c(F)c4)nc(c12)CCO3. The number of nitrogens with one attached hydrogen (secondary N) is 2. The second-order valence-electron chi connectivity index (χ2n) is 11.5. The fraction of sp³-hybridized carbons (Fsp3) is 0.273. The first-order valence-electron chi connectivity index (χ1n) is 15.0. The monoisotopic (exact) mass is 666 g/mol. The molecule has 0 aliphatic carbocycles. The fourth-order valence-corrected chi connectivity index (χ4v) is 6.08. The van der Waals surface area contributed by atoms with E-state index in [0.29, 0.717) is 19.8 Å². The number of benzene rings is 2. The zero-order valence-electron chi connectivity index (χ0n) is 25.3. The molecule has 1 fully saturated rings. The smallest absolute Gasteiger partial charge is 0.417 e. The van der Waals surface area contributed by atoms with Gasteiger partial charge in [0.05, 0.1) is 41.8 Å². The lowest BCUT2D eigenvalue weighted by Crippen LogP contribution is -2.29. The maximum Gasteiger partial charge on any atom is 0.417 e. The molecule has 2 aliphatic rings. The summed E-state index contributed by atoms with van der Waals surface area (Å²) < 4.78 is 87.9. The van der Waals surface area contributed by atoms with Crippen molar-refractivity contribution in [1.29, 1.82) is 0 Å². The Morgan fingerprint density at radius 2 is 1.94 bits per heavy atom. The molecule has 248 valence electrons. The number of aryl methyl sites for hydroxylation is 1.